The Kier molecular flexibility index (Phi) is 7.62. The summed E-state index contributed by atoms with van der Waals surface area (Å²) in [6, 6.07) is 9.17. The molecule has 41 heavy (non-hydrogen) atoms. The first-order chi connectivity index (χ1) is 19.1. The summed E-state index contributed by atoms with van der Waals surface area (Å²) < 4.78 is 5.77. The second kappa shape index (κ2) is 10.6. The standard InChI is InChI=1S/C33H36Cl2N2O4/c1-17-7-8-22(18(2)9-17)37-27(40)16-41-31-20(34)10-19(11-21(31)35)28-29-23(12-32(3,4)14-25(29)38)36-24-13-33(5,6)15-26(39)30(24)28/h7-11,28,36H,12-16H2,1-6H3,(H,37,40). The van der Waals surface area contributed by atoms with E-state index < -0.39 is 5.92 Å². The van der Waals surface area contributed by atoms with Gasteiger partial charge in [0.1, 0.15) is 0 Å². The zero-order valence-electron chi connectivity index (χ0n) is 24.4. The number of amides is 1. The van der Waals surface area contributed by atoms with Gasteiger partial charge in [0.05, 0.1) is 10.0 Å². The van der Waals surface area contributed by atoms with Gasteiger partial charge in [-0.15, -0.1) is 0 Å². The van der Waals surface area contributed by atoms with Gasteiger partial charge in [-0.3, -0.25) is 14.4 Å². The number of allylic oxidation sites excluding steroid dienone is 4. The number of hydrogen-bond acceptors (Lipinski definition) is 5. The molecule has 3 aliphatic rings. The van der Waals surface area contributed by atoms with Crippen LogP contribution in [0.2, 0.25) is 10.0 Å². The normalized spacial score (nSPS) is 19.9. The zero-order chi connectivity index (χ0) is 29.9. The molecule has 0 atom stereocenters. The van der Waals surface area contributed by atoms with Gasteiger partial charge in [-0.1, -0.05) is 68.6 Å². The van der Waals surface area contributed by atoms with Crippen LogP contribution in [0.5, 0.6) is 5.75 Å². The Hall–Kier alpha value is -3.09. The minimum absolute atomic E-state index is 0.0218. The van der Waals surface area contributed by atoms with Crippen LogP contribution in [-0.4, -0.2) is 24.1 Å². The molecule has 8 heteroatoms. The van der Waals surface area contributed by atoms with Crippen molar-refractivity contribution in [2.75, 3.05) is 11.9 Å². The largest absolute Gasteiger partial charge is 0.481 e. The molecule has 0 aromatic heterocycles. The Morgan fingerprint density at radius 3 is 1.95 bits per heavy atom. The van der Waals surface area contributed by atoms with E-state index in [0.717, 1.165) is 22.5 Å². The van der Waals surface area contributed by atoms with E-state index in [0.29, 0.717) is 48.1 Å². The minimum Gasteiger partial charge on any atom is -0.481 e. The lowest BCUT2D eigenvalue weighted by Gasteiger charge is -2.44. The summed E-state index contributed by atoms with van der Waals surface area (Å²) in [4.78, 5) is 39.8. The molecule has 216 valence electrons. The third kappa shape index (κ3) is 5.96. The van der Waals surface area contributed by atoms with Gasteiger partial charge in [-0.05, 0) is 66.8 Å². The second-order valence-corrected chi connectivity index (χ2v) is 14.0. The Morgan fingerprint density at radius 1 is 0.902 bits per heavy atom. The van der Waals surface area contributed by atoms with E-state index in [1.54, 1.807) is 12.1 Å². The lowest BCUT2D eigenvalue weighted by molar-refractivity contribution is -0.119. The number of Topliss-reactive ketones (excluding diaryl/α,β-unsaturated/α-hetero) is 2. The number of carbonyl (C=O) groups excluding carboxylic acids is 3. The fourth-order valence-corrected chi connectivity index (χ4v) is 7.00. The number of rotatable bonds is 5. The van der Waals surface area contributed by atoms with E-state index in [1.165, 1.54) is 0 Å². The van der Waals surface area contributed by atoms with Gasteiger partial charge < -0.3 is 15.4 Å². The molecule has 5 rings (SSSR count). The number of benzene rings is 2. The van der Waals surface area contributed by atoms with E-state index >= 15 is 0 Å². The molecular formula is C33H36Cl2N2O4. The molecule has 1 heterocycles. The maximum Gasteiger partial charge on any atom is 0.262 e. The highest BCUT2D eigenvalue weighted by molar-refractivity contribution is 6.37. The molecule has 0 spiro atoms. The van der Waals surface area contributed by atoms with Crippen molar-refractivity contribution in [3.8, 4) is 5.75 Å². The summed E-state index contributed by atoms with van der Waals surface area (Å²) in [5.74, 6) is -0.688. The highest BCUT2D eigenvalue weighted by Gasteiger charge is 2.46. The van der Waals surface area contributed by atoms with Crippen molar-refractivity contribution in [3.05, 3.63) is 79.6 Å². The van der Waals surface area contributed by atoms with Gasteiger partial charge in [0, 0.05) is 47.0 Å². The SMILES string of the molecule is Cc1ccc(NC(=O)COc2c(Cl)cc(C3C4=C(CC(C)(C)CC4=O)NC4=C3C(=O)CC(C)(C)C4)cc2Cl)c(C)c1. The van der Waals surface area contributed by atoms with Crippen molar-refractivity contribution in [2.45, 2.75) is 73.1 Å². The van der Waals surface area contributed by atoms with Crippen molar-refractivity contribution in [1.82, 2.24) is 5.32 Å². The number of halogens is 2. The quantitative estimate of drug-likeness (QED) is 0.372. The maximum absolute atomic E-state index is 13.6. The van der Waals surface area contributed by atoms with Crippen LogP contribution in [-0.2, 0) is 14.4 Å². The molecule has 0 unspecified atom stereocenters. The van der Waals surface area contributed by atoms with Crippen molar-refractivity contribution >= 4 is 46.4 Å². The minimum atomic E-state index is -0.565. The van der Waals surface area contributed by atoms with Crippen molar-refractivity contribution in [1.29, 1.82) is 0 Å². The number of dihydropyridines is 1. The van der Waals surface area contributed by atoms with Crippen LogP contribution in [0.25, 0.3) is 0 Å². The Balaban J connectivity index is 1.46. The smallest absolute Gasteiger partial charge is 0.262 e. The molecule has 1 aliphatic heterocycles. The molecule has 0 saturated heterocycles. The highest BCUT2D eigenvalue weighted by Crippen LogP contribution is 2.52. The fraction of sp³-hybridized carbons (Fsp3) is 0.424. The van der Waals surface area contributed by atoms with Gasteiger partial charge in [0.2, 0.25) is 0 Å². The molecule has 2 aromatic carbocycles. The van der Waals surface area contributed by atoms with Gasteiger partial charge in [0.15, 0.2) is 23.9 Å². The third-order valence-electron chi connectivity index (χ3n) is 8.08. The van der Waals surface area contributed by atoms with E-state index in [9.17, 15) is 14.4 Å². The van der Waals surface area contributed by atoms with Crippen molar-refractivity contribution < 1.29 is 19.1 Å². The number of anilines is 1. The van der Waals surface area contributed by atoms with Gasteiger partial charge in [-0.2, -0.15) is 0 Å². The van der Waals surface area contributed by atoms with E-state index in [-0.39, 0.29) is 50.7 Å². The summed E-state index contributed by atoms with van der Waals surface area (Å²) in [5.41, 5.74) is 6.01. The van der Waals surface area contributed by atoms with Crippen molar-refractivity contribution in [3.63, 3.8) is 0 Å². The van der Waals surface area contributed by atoms with Crippen molar-refractivity contribution in [2.24, 2.45) is 10.8 Å². The first-order valence-electron chi connectivity index (χ1n) is 13.9. The van der Waals surface area contributed by atoms with Gasteiger partial charge in [-0.25, -0.2) is 0 Å². The molecule has 0 bridgehead atoms. The predicted octanol–water partition coefficient (Wildman–Crippen LogP) is 7.60. The molecule has 2 aromatic rings. The third-order valence-corrected chi connectivity index (χ3v) is 8.64. The Labute approximate surface area is 251 Å². The van der Waals surface area contributed by atoms with Crippen LogP contribution in [0.1, 0.15) is 76.0 Å². The summed E-state index contributed by atoms with van der Waals surface area (Å²) in [6.45, 7) is 12.0. The number of carbonyl (C=O) groups is 3. The highest BCUT2D eigenvalue weighted by atomic mass is 35.5. The molecule has 2 N–H and O–H groups in total. The maximum atomic E-state index is 13.6. The molecule has 0 fully saturated rings. The van der Waals surface area contributed by atoms with Crippen LogP contribution in [0, 0.1) is 24.7 Å². The average molecular weight is 596 g/mol. The first-order valence-corrected chi connectivity index (χ1v) is 14.7. The molecule has 0 radical (unpaired) electrons. The predicted molar refractivity (Wildman–Crippen MR) is 162 cm³/mol. The van der Waals surface area contributed by atoms with Gasteiger partial charge in [0.25, 0.3) is 5.91 Å². The van der Waals surface area contributed by atoms with Crippen LogP contribution in [0.15, 0.2) is 52.9 Å². The lowest BCUT2D eigenvalue weighted by Crippen LogP contribution is -2.42. The Morgan fingerprint density at radius 2 is 1.44 bits per heavy atom. The number of hydrogen-bond donors (Lipinski definition) is 2. The number of ketones is 2. The van der Waals surface area contributed by atoms with E-state index in [2.05, 4.69) is 38.3 Å². The van der Waals surface area contributed by atoms with Crippen LogP contribution >= 0.6 is 23.2 Å². The average Bonchev–Trinajstić information content (AvgIpc) is 2.82. The second-order valence-electron chi connectivity index (χ2n) is 13.2. The van der Waals surface area contributed by atoms with Crippen LogP contribution in [0.4, 0.5) is 5.69 Å². The lowest BCUT2D eigenvalue weighted by atomic mass is 9.64. The van der Waals surface area contributed by atoms with Gasteiger partial charge >= 0.3 is 0 Å². The molecule has 6 nitrogen and oxygen atoms in total. The zero-order valence-corrected chi connectivity index (χ0v) is 25.9. The molecule has 0 saturated carbocycles. The monoisotopic (exact) mass is 594 g/mol. The summed E-state index contributed by atoms with van der Waals surface area (Å²) >= 11 is 13.4. The molecule has 2 aliphatic carbocycles. The topological polar surface area (TPSA) is 84.5 Å². The number of aryl methyl sites for hydroxylation is 2. The number of ether oxygens (including phenoxy) is 1. The molecule has 1 amide bonds. The summed E-state index contributed by atoms with van der Waals surface area (Å²) in [6.07, 6.45) is 2.19. The van der Waals surface area contributed by atoms with E-state index in [1.807, 2.05) is 32.0 Å². The first kappa shape index (κ1) is 29.4. The molecular weight excluding hydrogens is 559 g/mol. The van der Waals surface area contributed by atoms with Crippen LogP contribution < -0.4 is 15.4 Å². The van der Waals surface area contributed by atoms with E-state index in [4.69, 9.17) is 27.9 Å². The summed E-state index contributed by atoms with van der Waals surface area (Å²) in [5, 5.41) is 6.78. The number of nitrogens with one attached hydrogen (secondary N) is 2. The van der Waals surface area contributed by atoms with Crippen LogP contribution in [0.3, 0.4) is 0 Å². The summed E-state index contributed by atoms with van der Waals surface area (Å²) in [7, 11) is 0. The Bertz CT molecular complexity index is 1480. The fourth-order valence-electron chi connectivity index (χ4n) is 6.38.